The van der Waals surface area contributed by atoms with Crippen LogP contribution in [0.4, 0.5) is 5.69 Å². The third-order valence-corrected chi connectivity index (χ3v) is 3.92. The quantitative estimate of drug-likeness (QED) is 0.297. The molecule has 28 heavy (non-hydrogen) atoms. The van der Waals surface area contributed by atoms with Gasteiger partial charge in [0, 0.05) is 31.3 Å². The highest BCUT2D eigenvalue weighted by Crippen LogP contribution is 2.17. The van der Waals surface area contributed by atoms with Gasteiger partial charge in [0.05, 0.1) is 13.7 Å². The molecule has 2 aromatic rings. The van der Waals surface area contributed by atoms with Crippen LogP contribution < -0.4 is 20.7 Å². The molecule has 0 aliphatic carbocycles. The van der Waals surface area contributed by atoms with Crippen LogP contribution in [0.25, 0.3) is 0 Å². The number of hydrogen-bond acceptors (Lipinski definition) is 3. The van der Waals surface area contributed by atoms with Gasteiger partial charge in [0.2, 0.25) is 5.91 Å². The molecule has 0 aliphatic heterocycles. The maximum atomic E-state index is 11.1. The Labute approximate surface area is 184 Å². The Morgan fingerprint density at radius 3 is 2.43 bits per heavy atom. The molecule has 0 spiro atoms. The molecule has 0 saturated heterocycles. The summed E-state index contributed by atoms with van der Waals surface area (Å²) in [6.07, 6.45) is 0.861. The number of carbonyl (C=O) groups excluding carboxylic acids is 1. The number of methoxy groups -OCH3 is 1. The lowest BCUT2D eigenvalue weighted by molar-refractivity contribution is -0.114. The Kier molecular flexibility index (Phi) is 11.0. The van der Waals surface area contributed by atoms with Crippen molar-refractivity contribution in [1.82, 2.24) is 10.6 Å². The Morgan fingerprint density at radius 1 is 1.07 bits per heavy atom. The Hall–Kier alpha value is -2.29. The van der Waals surface area contributed by atoms with Gasteiger partial charge in [-0.05, 0) is 37.1 Å². The molecule has 2 aromatic carbocycles. The van der Waals surface area contributed by atoms with Gasteiger partial charge in [0.1, 0.15) is 5.75 Å². The van der Waals surface area contributed by atoms with Crippen LogP contribution >= 0.6 is 24.0 Å². The lowest BCUT2D eigenvalue weighted by atomic mass is 10.1. The van der Waals surface area contributed by atoms with E-state index in [2.05, 4.69) is 20.9 Å². The molecule has 0 aliphatic rings. The molecule has 0 radical (unpaired) electrons. The van der Waals surface area contributed by atoms with E-state index in [0.29, 0.717) is 6.54 Å². The van der Waals surface area contributed by atoms with Crippen molar-refractivity contribution in [3.63, 3.8) is 0 Å². The van der Waals surface area contributed by atoms with Crippen LogP contribution in [-0.4, -0.2) is 32.1 Å². The summed E-state index contributed by atoms with van der Waals surface area (Å²) in [5.74, 6) is 1.56. The molecule has 3 N–H and O–H groups in total. The first-order chi connectivity index (χ1) is 13.1. The summed E-state index contributed by atoms with van der Waals surface area (Å²) in [6, 6.07) is 15.8. The molecule has 7 heteroatoms. The van der Waals surface area contributed by atoms with E-state index in [1.165, 1.54) is 12.5 Å². The van der Waals surface area contributed by atoms with Crippen LogP contribution in [0, 0.1) is 0 Å². The summed E-state index contributed by atoms with van der Waals surface area (Å²) in [5.41, 5.74) is 3.05. The minimum Gasteiger partial charge on any atom is -0.496 e. The van der Waals surface area contributed by atoms with Gasteiger partial charge in [-0.15, -0.1) is 24.0 Å². The number of rotatable bonds is 8. The fraction of sp³-hybridized carbons (Fsp3) is 0.333. The SMILES string of the molecule is CCNC(=NCc1ccccc1OC)NCCc1ccc(NC(C)=O)cc1.I. The summed E-state index contributed by atoms with van der Waals surface area (Å²) in [4.78, 5) is 15.7. The van der Waals surface area contributed by atoms with E-state index < -0.39 is 0 Å². The fourth-order valence-corrected chi connectivity index (χ4v) is 2.62. The first-order valence-electron chi connectivity index (χ1n) is 9.13. The van der Waals surface area contributed by atoms with Gasteiger partial charge in [-0.25, -0.2) is 4.99 Å². The first-order valence-corrected chi connectivity index (χ1v) is 9.13. The summed E-state index contributed by atoms with van der Waals surface area (Å²) < 4.78 is 5.37. The van der Waals surface area contributed by atoms with Crippen molar-refractivity contribution in [2.45, 2.75) is 26.8 Å². The molecular weight excluding hydrogens is 467 g/mol. The maximum absolute atomic E-state index is 11.1. The number of aliphatic imine (C=N–C) groups is 1. The van der Waals surface area contributed by atoms with Crippen LogP contribution in [0.2, 0.25) is 0 Å². The highest BCUT2D eigenvalue weighted by Gasteiger charge is 2.03. The number of anilines is 1. The van der Waals surface area contributed by atoms with Crippen LogP contribution in [0.3, 0.4) is 0 Å². The minimum absolute atomic E-state index is 0. The second-order valence-corrected chi connectivity index (χ2v) is 6.06. The Balaban J connectivity index is 0.00000392. The van der Waals surface area contributed by atoms with E-state index in [9.17, 15) is 4.79 Å². The van der Waals surface area contributed by atoms with Gasteiger partial charge in [0.15, 0.2) is 5.96 Å². The van der Waals surface area contributed by atoms with Gasteiger partial charge in [0.25, 0.3) is 0 Å². The third kappa shape index (κ3) is 8.16. The molecule has 0 atom stereocenters. The average Bonchev–Trinajstić information content (AvgIpc) is 2.67. The second-order valence-electron chi connectivity index (χ2n) is 6.06. The van der Waals surface area contributed by atoms with Crippen molar-refractivity contribution in [1.29, 1.82) is 0 Å². The van der Waals surface area contributed by atoms with Gasteiger partial charge in [-0.2, -0.15) is 0 Å². The van der Waals surface area contributed by atoms with Crippen molar-refractivity contribution in [2.75, 3.05) is 25.5 Å². The van der Waals surface area contributed by atoms with E-state index in [0.717, 1.165) is 42.5 Å². The van der Waals surface area contributed by atoms with E-state index in [4.69, 9.17) is 4.74 Å². The predicted molar refractivity (Wildman–Crippen MR) is 126 cm³/mol. The molecule has 0 heterocycles. The standard InChI is InChI=1S/C21H28N4O2.HI/c1-4-22-21(24-15-18-7-5-6-8-20(18)27-3)23-14-13-17-9-11-19(12-10-17)25-16(2)26;/h5-12H,4,13-15H2,1-3H3,(H,25,26)(H2,22,23,24);1H. The summed E-state index contributed by atoms with van der Waals surface area (Å²) in [7, 11) is 1.67. The predicted octanol–water partition coefficient (Wildman–Crippen LogP) is 3.57. The smallest absolute Gasteiger partial charge is 0.221 e. The zero-order valence-electron chi connectivity index (χ0n) is 16.6. The number of benzene rings is 2. The molecule has 0 unspecified atom stereocenters. The van der Waals surface area contributed by atoms with E-state index in [-0.39, 0.29) is 29.9 Å². The average molecular weight is 496 g/mol. The number of para-hydroxylation sites is 1. The zero-order valence-corrected chi connectivity index (χ0v) is 18.9. The normalized spacial score (nSPS) is 10.6. The van der Waals surface area contributed by atoms with Crippen molar-refractivity contribution >= 4 is 41.5 Å². The molecule has 2 rings (SSSR count). The largest absolute Gasteiger partial charge is 0.496 e. The van der Waals surface area contributed by atoms with Crippen molar-refractivity contribution in [3.8, 4) is 5.75 Å². The number of ether oxygens (including phenoxy) is 1. The second kappa shape index (κ2) is 13.0. The topological polar surface area (TPSA) is 74.8 Å². The molecule has 152 valence electrons. The molecule has 0 aromatic heterocycles. The summed E-state index contributed by atoms with van der Waals surface area (Å²) >= 11 is 0. The van der Waals surface area contributed by atoms with E-state index >= 15 is 0 Å². The highest BCUT2D eigenvalue weighted by atomic mass is 127. The molecule has 6 nitrogen and oxygen atoms in total. The van der Waals surface area contributed by atoms with E-state index in [1.807, 2.05) is 55.5 Å². The fourth-order valence-electron chi connectivity index (χ4n) is 2.62. The Morgan fingerprint density at radius 2 is 1.79 bits per heavy atom. The molecular formula is C21H29IN4O2. The van der Waals surface area contributed by atoms with Crippen LogP contribution in [0.5, 0.6) is 5.75 Å². The number of hydrogen-bond donors (Lipinski definition) is 3. The lowest BCUT2D eigenvalue weighted by Gasteiger charge is -2.12. The number of nitrogens with zero attached hydrogens (tertiary/aromatic N) is 1. The monoisotopic (exact) mass is 496 g/mol. The van der Waals surface area contributed by atoms with Gasteiger partial charge in [-0.3, -0.25) is 4.79 Å². The number of nitrogens with one attached hydrogen (secondary N) is 3. The van der Waals surface area contributed by atoms with Gasteiger partial charge in [-0.1, -0.05) is 30.3 Å². The van der Waals surface area contributed by atoms with Crippen molar-refractivity contribution < 1.29 is 9.53 Å². The first kappa shape index (κ1) is 23.7. The summed E-state index contributed by atoms with van der Waals surface area (Å²) in [6.45, 7) is 5.65. The van der Waals surface area contributed by atoms with Crippen LogP contribution in [0.15, 0.2) is 53.5 Å². The lowest BCUT2D eigenvalue weighted by Crippen LogP contribution is -2.38. The summed E-state index contributed by atoms with van der Waals surface area (Å²) in [5, 5.41) is 9.38. The van der Waals surface area contributed by atoms with Crippen LogP contribution in [-0.2, 0) is 17.8 Å². The number of guanidine groups is 1. The van der Waals surface area contributed by atoms with Crippen molar-refractivity contribution in [2.24, 2.45) is 4.99 Å². The number of carbonyl (C=O) groups is 1. The zero-order chi connectivity index (χ0) is 19.5. The van der Waals surface area contributed by atoms with Gasteiger partial charge < -0.3 is 20.7 Å². The van der Waals surface area contributed by atoms with Crippen LogP contribution in [0.1, 0.15) is 25.0 Å². The molecule has 0 bridgehead atoms. The van der Waals surface area contributed by atoms with Crippen molar-refractivity contribution in [3.05, 3.63) is 59.7 Å². The Bertz CT molecular complexity index is 763. The molecule has 0 fully saturated rings. The van der Waals surface area contributed by atoms with Gasteiger partial charge >= 0.3 is 0 Å². The molecule has 0 saturated carbocycles. The maximum Gasteiger partial charge on any atom is 0.221 e. The number of halogens is 1. The highest BCUT2D eigenvalue weighted by molar-refractivity contribution is 14.0. The third-order valence-electron chi connectivity index (χ3n) is 3.92. The van der Waals surface area contributed by atoms with E-state index in [1.54, 1.807) is 7.11 Å². The molecule has 1 amide bonds. The number of amides is 1. The minimum atomic E-state index is -0.0639.